The third-order valence-electron chi connectivity index (χ3n) is 6.70. The number of aromatic nitrogens is 1. The number of hydrogen-bond donors (Lipinski definition) is 1. The number of ether oxygens (including phenoxy) is 1. The highest BCUT2D eigenvalue weighted by Gasteiger charge is 2.35. The van der Waals surface area contributed by atoms with Crippen molar-refractivity contribution in [2.75, 3.05) is 4.90 Å². The van der Waals surface area contributed by atoms with E-state index in [-0.39, 0.29) is 10.7 Å². The van der Waals surface area contributed by atoms with Crippen LogP contribution in [0, 0.1) is 20.8 Å². The predicted octanol–water partition coefficient (Wildman–Crippen LogP) is 6.47. The second kappa shape index (κ2) is 10.9. The summed E-state index contributed by atoms with van der Waals surface area (Å²) >= 11 is 11.6. The molecular formula is C31H26ClN3O3S. The first-order valence-corrected chi connectivity index (χ1v) is 13.2. The molecule has 39 heavy (non-hydrogen) atoms. The molecule has 196 valence electrons. The molecular weight excluding hydrogens is 530 g/mol. The Morgan fingerprint density at radius 1 is 0.949 bits per heavy atom. The molecule has 1 saturated heterocycles. The largest absolute Gasteiger partial charge is 0.489 e. The fourth-order valence-corrected chi connectivity index (χ4v) is 5.08. The van der Waals surface area contributed by atoms with Crippen molar-refractivity contribution in [2.45, 2.75) is 27.4 Å². The summed E-state index contributed by atoms with van der Waals surface area (Å²) < 4.78 is 7.99. The number of nitrogens with zero attached hydrogens (tertiary/aromatic N) is 2. The molecule has 1 aliphatic rings. The molecule has 1 aromatic heterocycles. The van der Waals surface area contributed by atoms with Crippen LogP contribution in [0.2, 0.25) is 5.02 Å². The van der Waals surface area contributed by atoms with Crippen LogP contribution >= 0.6 is 23.8 Å². The van der Waals surface area contributed by atoms with Gasteiger partial charge >= 0.3 is 0 Å². The van der Waals surface area contributed by atoms with Crippen LogP contribution in [0.3, 0.4) is 0 Å². The van der Waals surface area contributed by atoms with Crippen LogP contribution in [-0.4, -0.2) is 21.5 Å². The lowest BCUT2D eigenvalue weighted by Crippen LogP contribution is -2.54. The molecule has 0 aliphatic carbocycles. The first-order chi connectivity index (χ1) is 18.7. The SMILES string of the molecule is Cc1c(Cl)cccc1N1C(=O)/C(=C/c2cc(C)n(-c3ccc(OCc4ccccc4)cc3)c2C)C(=O)NC1=S. The number of anilines is 1. The quantitative estimate of drug-likeness (QED) is 0.168. The Kier molecular flexibility index (Phi) is 7.37. The average molecular weight is 556 g/mol. The maximum Gasteiger partial charge on any atom is 0.270 e. The minimum Gasteiger partial charge on any atom is -0.489 e. The van der Waals surface area contributed by atoms with Crippen LogP contribution in [0.15, 0.2) is 84.4 Å². The highest BCUT2D eigenvalue weighted by atomic mass is 35.5. The van der Waals surface area contributed by atoms with Gasteiger partial charge in [-0.2, -0.15) is 0 Å². The van der Waals surface area contributed by atoms with Gasteiger partial charge in [-0.3, -0.25) is 19.8 Å². The molecule has 0 unspecified atom stereocenters. The normalized spacial score (nSPS) is 14.6. The van der Waals surface area contributed by atoms with Gasteiger partial charge < -0.3 is 9.30 Å². The first kappa shape index (κ1) is 26.4. The summed E-state index contributed by atoms with van der Waals surface area (Å²) in [5.41, 5.74) is 5.86. The smallest absolute Gasteiger partial charge is 0.270 e. The lowest BCUT2D eigenvalue weighted by atomic mass is 10.1. The Morgan fingerprint density at radius 2 is 1.67 bits per heavy atom. The van der Waals surface area contributed by atoms with E-state index in [1.165, 1.54) is 4.90 Å². The molecule has 0 saturated carbocycles. The Morgan fingerprint density at radius 3 is 2.38 bits per heavy atom. The summed E-state index contributed by atoms with van der Waals surface area (Å²) in [6, 6.07) is 25.0. The number of halogens is 1. The number of rotatable bonds is 6. The van der Waals surface area contributed by atoms with Crippen molar-refractivity contribution < 1.29 is 14.3 Å². The van der Waals surface area contributed by atoms with Crippen molar-refractivity contribution in [1.82, 2.24) is 9.88 Å². The van der Waals surface area contributed by atoms with E-state index in [0.29, 0.717) is 22.9 Å². The van der Waals surface area contributed by atoms with Crippen molar-refractivity contribution >= 4 is 52.5 Å². The molecule has 6 nitrogen and oxygen atoms in total. The van der Waals surface area contributed by atoms with E-state index in [1.807, 2.05) is 74.5 Å². The molecule has 1 N–H and O–H groups in total. The maximum absolute atomic E-state index is 13.5. The highest BCUT2D eigenvalue weighted by Crippen LogP contribution is 2.31. The third-order valence-corrected chi connectivity index (χ3v) is 7.39. The van der Waals surface area contributed by atoms with E-state index >= 15 is 0 Å². The molecule has 4 aromatic rings. The zero-order chi connectivity index (χ0) is 27.7. The third kappa shape index (κ3) is 5.24. The van der Waals surface area contributed by atoms with Gasteiger partial charge in [0, 0.05) is 22.1 Å². The van der Waals surface area contributed by atoms with Crippen LogP contribution in [0.1, 0.15) is 28.1 Å². The van der Waals surface area contributed by atoms with Gasteiger partial charge in [0.2, 0.25) is 0 Å². The molecule has 8 heteroatoms. The number of benzene rings is 3. The minimum atomic E-state index is -0.536. The molecule has 2 heterocycles. The van der Waals surface area contributed by atoms with Crippen LogP contribution < -0.4 is 15.0 Å². The fourth-order valence-electron chi connectivity index (χ4n) is 4.63. The summed E-state index contributed by atoms with van der Waals surface area (Å²) in [5.74, 6) is -0.270. The summed E-state index contributed by atoms with van der Waals surface area (Å²) in [6.45, 7) is 6.23. The van der Waals surface area contributed by atoms with Crippen LogP contribution in [0.4, 0.5) is 5.69 Å². The van der Waals surface area contributed by atoms with Gasteiger partial charge in [-0.1, -0.05) is 48.0 Å². The van der Waals surface area contributed by atoms with Crippen molar-refractivity contribution in [1.29, 1.82) is 0 Å². The van der Waals surface area contributed by atoms with E-state index in [1.54, 1.807) is 31.2 Å². The number of thiocarbonyl (C=S) groups is 1. The molecule has 0 spiro atoms. The Balaban J connectivity index is 1.42. The van der Waals surface area contributed by atoms with E-state index < -0.39 is 11.8 Å². The van der Waals surface area contributed by atoms with E-state index in [0.717, 1.165) is 34.0 Å². The lowest BCUT2D eigenvalue weighted by Gasteiger charge is -2.30. The van der Waals surface area contributed by atoms with E-state index in [2.05, 4.69) is 9.88 Å². The second-order valence-corrected chi connectivity index (χ2v) is 10.1. The summed E-state index contributed by atoms with van der Waals surface area (Å²) in [5, 5.41) is 3.17. The van der Waals surface area contributed by atoms with Crippen molar-refractivity contribution in [3.05, 3.63) is 118 Å². The monoisotopic (exact) mass is 555 g/mol. The van der Waals surface area contributed by atoms with Crippen molar-refractivity contribution in [2.24, 2.45) is 0 Å². The summed E-state index contributed by atoms with van der Waals surface area (Å²) in [7, 11) is 0. The number of aryl methyl sites for hydroxylation is 1. The predicted molar refractivity (Wildman–Crippen MR) is 158 cm³/mol. The number of amides is 2. The number of carbonyl (C=O) groups is 2. The molecule has 3 aromatic carbocycles. The summed E-state index contributed by atoms with van der Waals surface area (Å²) in [6.07, 6.45) is 1.61. The molecule has 5 rings (SSSR count). The van der Waals surface area contributed by atoms with Gasteiger partial charge in [-0.25, -0.2) is 0 Å². The topological polar surface area (TPSA) is 63.6 Å². The van der Waals surface area contributed by atoms with Gasteiger partial charge in [0.05, 0.1) is 5.69 Å². The number of carbonyl (C=O) groups excluding carboxylic acids is 2. The second-order valence-electron chi connectivity index (χ2n) is 9.27. The van der Waals surface area contributed by atoms with Crippen LogP contribution in [-0.2, 0) is 16.2 Å². The molecule has 0 atom stereocenters. The van der Waals surface area contributed by atoms with Crippen LogP contribution in [0.5, 0.6) is 5.75 Å². The van der Waals surface area contributed by atoms with E-state index in [9.17, 15) is 9.59 Å². The van der Waals surface area contributed by atoms with Gasteiger partial charge in [0.1, 0.15) is 17.9 Å². The molecule has 2 amide bonds. The molecule has 1 aliphatic heterocycles. The van der Waals surface area contributed by atoms with Gasteiger partial charge in [0.15, 0.2) is 5.11 Å². The number of nitrogens with one attached hydrogen (secondary N) is 1. The molecule has 0 radical (unpaired) electrons. The van der Waals surface area contributed by atoms with E-state index in [4.69, 9.17) is 28.6 Å². The van der Waals surface area contributed by atoms with Crippen molar-refractivity contribution in [3.63, 3.8) is 0 Å². The minimum absolute atomic E-state index is 0.00659. The zero-order valence-corrected chi connectivity index (χ0v) is 23.3. The highest BCUT2D eigenvalue weighted by molar-refractivity contribution is 7.80. The standard InChI is InChI=1S/C31H26ClN3O3S/c1-19-16-23(17-26-29(36)33-31(39)35(30(26)37)28-11-7-10-27(32)20(28)2)21(3)34(19)24-12-14-25(15-13-24)38-18-22-8-5-4-6-9-22/h4-17H,18H2,1-3H3,(H,33,36,39)/b26-17+. The number of hydrogen-bond acceptors (Lipinski definition) is 4. The van der Waals surface area contributed by atoms with Crippen LogP contribution in [0.25, 0.3) is 11.8 Å². The summed E-state index contributed by atoms with van der Waals surface area (Å²) in [4.78, 5) is 27.7. The molecule has 1 fully saturated rings. The zero-order valence-electron chi connectivity index (χ0n) is 21.7. The van der Waals surface area contributed by atoms with Gasteiger partial charge in [-0.15, -0.1) is 0 Å². The Bertz CT molecular complexity index is 1630. The fraction of sp³-hybridized carbons (Fsp3) is 0.129. The van der Waals surface area contributed by atoms with Gasteiger partial charge in [-0.05, 0) is 98.2 Å². The molecule has 0 bridgehead atoms. The maximum atomic E-state index is 13.5. The average Bonchev–Trinajstić information content (AvgIpc) is 3.20. The lowest BCUT2D eigenvalue weighted by molar-refractivity contribution is -0.122. The Labute approximate surface area is 237 Å². The van der Waals surface area contributed by atoms with Gasteiger partial charge in [0.25, 0.3) is 11.8 Å². The Hall–Kier alpha value is -4.20. The van der Waals surface area contributed by atoms with Crippen molar-refractivity contribution in [3.8, 4) is 11.4 Å². The first-order valence-electron chi connectivity index (χ1n) is 12.4.